The Kier molecular flexibility index (Phi) is 3.58. The number of aryl methyl sites for hydroxylation is 1. The number of nitrogen functional groups attached to an aromatic ring is 1. The largest absolute Gasteiger partial charge is 0.434 e. The van der Waals surface area contributed by atoms with E-state index in [0.717, 1.165) is 5.56 Å². The van der Waals surface area contributed by atoms with Crippen LogP contribution >= 0.6 is 0 Å². The minimum absolute atomic E-state index is 0.106. The Morgan fingerprint density at radius 3 is 2.79 bits per heavy atom. The van der Waals surface area contributed by atoms with E-state index in [-0.39, 0.29) is 17.4 Å². The number of rotatable bonds is 4. The van der Waals surface area contributed by atoms with Crippen LogP contribution in [0, 0.1) is 17.0 Å². The van der Waals surface area contributed by atoms with Crippen molar-refractivity contribution in [2.45, 2.75) is 6.92 Å². The molecule has 1 aromatic heterocycles. The maximum Gasteiger partial charge on any atom is 0.331 e. The first kappa shape index (κ1) is 12.8. The molecule has 0 amide bonds. The Morgan fingerprint density at radius 1 is 1.37 bits per heavy atom. The van der Waals surface area contributed by atoms with Crippen LogP contribution in [0.4, 0.5) is 11.5 Å². The molecule has 1 heterocycles. The van der Waals surface area contributed by atoms with Gasteiger partial charge in [0.1, 0.15) is 11.6 Å². The number of hydrogen-bond acceptors (Lipinski definition) is 6. The summed E-state index contributed by atoms with van der Waals surface area (Å²) in [5, 5.41) is 10.9. The lowest BCUT2D eigenvalue weighted by Gasteiger charge is -2.07. The van der Waals surface area contributed by atoms with Crippen LogP contribution in [0.2, 0.25) is 0 Å². The fourth-order valence-electron chi connectivity index (χ4n) is 1.52. The standard InChI is InChI=1S/C12H12N4O3/c1-8-3-2-4-9(7-8)19-12-10(16(17)18)5-6-11(14-12)15-13/h2-7H,13H2,1H3,(H,14,15). The van der Waals surface area contributed by atoms with Crippen LogP contribution in [0.3, 0.4) is 0 Å². The van der Waals surface area contributed by atoms with Crippen LogP contribution in [-0.4, -0.2) is 9.91 Å². The second-order valence-corrected chi connectivity index (χ2v) is 3.84. The summed E-state index contributed by atoms with van der Waals surface area (Å²) in [6.45, 7) is 1.90. The van der Waals surface area contributed by atoms with E-state index in [2.05, 4.69) is 10.4 Å². The van der Waals surface area contributed by atoms with Gasteiger partial charge in [0.25, 0.3) is 0 Å². The summed E-state index contributed by atoms with van der Waals surface area (Å²) in [6, 6.07) is 9.83. The Balaban J connectivity index is 2.39. The Hall–Kier alpha value is -2.67. The summed E-state index contributed by atoms with van der Waals surface area (Å²) >= 11 is 0. The van der Waals surface area contributed by atoms with Crippen molar-refractivity contribution in [3.05, 3.63) is 52.1 Å². The number of hydrogen-bond donors (Lipinski definition) is 2. The zero-order chi connectivity index (χ0) is 13.8. The van der Waals surface area contributed by atoms with Crippen molar-refractivity contribution < 1.29 is 9.66 Å². The predicted octanol–water partition coefficient (Wildman–Crippen LogP) is 2.38. The van der Waals surface area contributed by atoms with Crippen LogP contribution in [0.1, 0.15) is 5.56 Å². The molecule has 3 N–H and O–H groups in total. The van der Waals surface area contributed by atoms with Gasteiger partial charge in [0.2, 0.25) is 0 Å². The molecule has 0 aliphatic heterocycles. The second kappa shape index (κ2) is 5.32. The zero-order valence-corrected chi connectivity index (χ0v) is 10.2. The Morgan fingerprint density at radius 2 is 2.16 bits per heavy atom. The van der Waals surface area contributed by atoms with Crippen molar-refractivity contribution in [3.63, 3.8) is 0 Å². The smallest absolute Gasteiger partial charge is 0.331 e. The monoisotopic (exact) mass is 260 g/mol. The quantitative estimate of drug-likeness (QED) is 0.497. The van der Waals surface area contributed by atoms with Gasteiger partial charge < -0.3 is 10.2 Å². The second-order valence-electron chi connectivity index (χ2n) is 3.84. The third-order valence-corrected chi connectivity index (χ3v) is 2.39. The molecule has 2 aromatic rings. The van der Waals surface area contributed by atoms with Crippen LogP contribution in [0.25, 0.3) is 0 Å². The van der Waals surface area contributed by atoms with E-state index in [1.807, 2.05) is 13.0 Å². The Bertz CT molecular complexity index is 616. The first-order valence-electron chi connectivity index (χ1n) is 5.46. The minimum Gasteiger partial charge on any atom is -0.434 e. The van der Waals surface area contributed by atoms with Gasteiger partial charge in [-0.1, -0.05) is 12.1 Å². The first-order chi connectivity index (χ1) is 9.10. The number of hydrazine groups is 1. The average Bonchev–Trinajstić information content (AvgIpc) is 2.38. The van der Waals surface area contributed by atoms with Crippen molar-refractivity contribution in [1.82, 2.24) is 4.98 Å². The van der Waals surface area contributed by atoms with Gasteiger partial charge in [0.15, 0.2) is 0 Å². The van der Waals surface area contributed by atoms with E-state index in [1.54, 1.807) is 18.2 Å². The highest BCUT2D eigenvalue weighted by Crippen LogP contribution is 2.30. The van der Waals surface area contributed by atoms with Gasteiger partial charge in [-0.25, -0.2) is 5.84 Å². The number of aromatic nitrogens is 1. The molecule has 2 rings (SSSR count). The summed E-state index contributed by atoms with van der Waals surface area (Å²) in [6.07, 6.45) is 0. The highest BCUT2D eigenvalue weighted by Gasteiger charge is 2.18. The molecule has 7 heteroatoms. The highest BCUT2D eigenvalue weighted by molar-refractivity contribution is 5.50. The topological polar surface area (TPSA) is 103 Å². The molecule has 0 aliphatic rings. The predicted molar refractivity (Wildman–Crippen MR) is 70.0 cm³/mol. The summed E-state index contributed by atoms with van der Waals surface area (Å²) in [7, 11) is 0. The molecule has 7 nitrogen and oxygen atoms in total. The molecule has 0 fully saturated rings. The molecule has 0 bridgehead atoms. The summed E-state index contributed by atoms with van der Waals surface area (Å²) < 4.78 is 5.45. The third kappa shape index (κ3) is 2.96. The maximum atomic E-state index is 10.9. The fourth-order valence-corrected chi connectivity index (χ4v) is 1.52. The van der Waals surface area contributed by atoms with Gasteiger partial charge in [0.05, 0.1) is 4.92 Å². The minimum atomic E-state index is -0.557. The number of anilines is 1. The lowest BCUT2D eigenvalue weighted by Crippen LogP contribution is -2.09. The van der Waals surface area contributed by atoms with Crippen molar-refractivity contribution in [1.29, 1.82) is 0 Å². The van der Waals surface area contributed by atoms with Crippen molar-refractivity contribution >= 4 is 11.5 Å². The molecule has 0 radical (unpaired) electrons. The first-order valence-corrected chi connectivity index (χ1v) is 5.46. The van der Waals surface area contributed by atoms with Crippen molar-refractivity contribution in [2.75, 3.05) is 5.43 Å². The lowest BCUT2D eigenvalue weighted by molar-refractivity contribution is -0.386. The number of nitrogens with zero attached hydrogens (tertiary/aromatic N) is 2. The summed E-state index contributed by atoms with van der Waals surface area (Å²) in [5.74, 6) is 5.88. The molecular formula is C12H12N4O3. The van der Waals surface area contributed by atoms with Crippen LogP contribution in [0.15, 0.2) is 36.4 Å². The zero-order valence-electron chi connectivity index (χ0n) is 10.2. The molecule has 0 unspecified atom stereocenters. The number of nitrogens with one attached hydrogen (secondary N) is 1. The van der Waals surface area contributed by atoms with Gasteiger partial charge in [0, 0.05) is 6.07 Å². The molecule has 0 saturated heterocycles. The molecule has 0 saturated carbocycles. The maximum absolute atomic E-state index is 10.9. The molecule has 0 spiro atoms. The van der Waals surface area contributed by atoms with Gasteiger partial charge in [-0.2, -0.15) is 4.98 Å². The van der Waals surface area contributed by atoms with E-state index in [4.69, 9.17) is 10.6 Å². The molecule has 19 heavy (non-hydrogen) atoms. The van der Waals surface area contributed by atoms with E-state index in [1.165, 1.54) is 12.1 Å². The summed E-state index contributed by atoms with van der Waals surface area (Å²) in [4.78, 5) is 14.3. The summed E-state index contributed by atoms with van der Waals surface area (Å²) in [5.41, 5.74) is 3.08. The molecular weight excluding hydrogens is 248 g/mol. The molecule has 0 atom stereocenters. The highest BCUT2D eigenvalue weighted by atomic mass is 16.6. The fraction of sp³-hybridized carbons (Fsp3) is 0.0833. The average molecular weight is 260 g/mol. The van der Waals surface area contributed by atoms with Crippen molar-refractivity contribution in [2.24, 2.45) is 5.84 Å². The van der Waals surface area contributed by atoms with Crippen molar-refractivity contribution in [3.8, 4) is 11.6 Å². The number of ether oxygens (including phenoxy) is 1. The van der Waals surface area contributed by atoms with E-state index in [0.29, 0.717) is 5.75 Å². The number of nitrogens with two attached hydrogens (primary N) is 1. The van der Waals surface area contributed by atoms with Gasteiger partial charge in [-0.15, -0.1) is 0 Å². The van der Waals surface area contributed by atoms with Gasteiger partial charge in [-0.3, -0.25) is 10.1 Å². The number of benzene rings is 1. The van der Waals surface area contributed by atoms with E-state index >= 15 is 0 Å². The molecule has 1 aromatic carbocycles. The number of pyridine rings is 1. The SMILES string of the molecule is Cc1cccc(Oc2nc(NN)ccc2[N+](=O)[O-])c1. The Labute approximate surface area is 109 Å². The van der Waals surface area contributed by atoms with E-state index < -0.39 is 4.92 Å². The molecule has 0 aliphatic carbocycles. The third-order valence-electron chi connectivity index (χ3n) is 2.39. The van der Waals surface area contributed by atoms with Crippen LogP contribution < -0.4 is 16.0 Å². The normalized spacial score (nSPS) is 10.0. The van der Waals surface area contributed by atoms with Gasteiger partial charge >= 0.3 is 11.6 Å². The van der Waals surface area contributed by atoms with Gasteiger partial charge in [-0.05, 0) is 30.7 Å². The van der Waals surface area contributed by atoms with Crippen LogP contribution in [0.5, 0.6) is 11.6 Å². The molecule has 98 valence electrons. The lowest BCUT2D eigenvalue weighted by atomic mass is 10.2. The number of nitro groups is 1. The van der Waals surface area contributed by atoms with Crippen LogP contribution in [-0.2, 0) is 0 Å². The van der Waals surface area contributed by atoms with E-state index in [9.17, 15) is 10.1 Å².